The van der Waals surface area contributed by atoms with Gasteiger partial charge in [-0.25, -0.2) is 4.79 Å². The quantitative estimate of drug-likeness (QED) is 0.321. The third-order valence-electron chi connectivity index (χ3n) is 4.53. The standard InChI is InChI=1S/C20H16N4O4/c1-10(25)22-12-6-7-16-13(9-12)17(18(20(27)28)24(16)21)19(26)15-8-11-4-2-3-5-14(11)23-15/h2-9,23H,21H2,1H3,(H,22,25)(H,27,28). The Morgan fingerprint density at radius 2 is 1.86 bits per heavy atom. The van der Waals surface area contributed by atoms with Crippen molar-refractivity contribution in [2.45, 2.75) is 6.92 Å². The van der Waals surface area contributed by atoms with Gasteiger partial charge in [0.05, 0.1) is 16.8 Å². The Hall–Kier alpha value is -4.07. The van der Waals surface area contributed by atoms with E-state index in [0.717, 1.165) is 15.6 Å². The monoisotopic (exact) mass is 376 g/mol. The maximum Gasteiger partial charge on any atom is 0.355 e. The number of carboxylic acids is 1. The normalized spacial score (nSPS) is 11.0. The number of amides is 1. The lowest BCUT2D eigenvalue weighted by atomic mass is 10.0. The maximum absolute atomic E-state index is 13.3. The Bertz CT molecular complexity index is 1250. The van der Waals surface area contributed by atoms with Crippen molar-refractivity contribution in [1.82, 2.24) is 9.66 Å². The van der Waals surface area contributed by atoms with Gasteiger partial charge in [-0.2, -0.15) is 0 Å². The van der Waals surface area contributed by atoms with Crippen LogP contribution in [0.25, 0.3) is 21.8 Å². The highest BCUT2D eigenvalue weighted by Crippen LogP contribution is 2.30. The molecule has 0 atom stereocenters. The predicted octanol–water partition coefficient (Wildman–Crippen LogP) is 2.72. The first kappa shape index (κ1) is 17.3. The van der Waals surface area contributed by atoms with Crippen LogP contribution in [0.5, 0.6) is 0 Å². The highest BCUT2D eigenvalue weighted by molar-refractivity contribution is 6.22. The van der Waals surface area contributed by atoms with Crippen molar-refractivity contribution in [3.05, 3.63) is 65.5 Å². The molecule has 2 heterocycles. The number of nitrogen functional groups attached to an aromatic ring is 1. The van der Waals surface area contributed by atoms with E-state index < -0.39 is 11.8 Å². The summed E-state index contributed by atoms with van der Waals surface area (Å²) in [6.07, 6.45) is 0. The van der Waals surface area contributed by atoms with Crippen molar-refractivity contribution in [2.75, 3.05) is 11.2 Å². The van der Waals surface area contributed by atoms with E-state index in [1.807, 2.05) is 24.3 Å². The molecule has 140 valence electrons. The van der Waals surface area contributed by atoms with Gasteiger partial charge in [0, 0.05) is 28.9 Å². The van der Waals surface area contributed by atoms with Gasteiger partial charge in [0.25, 0.3) is 0 Å². The minimum Gasteiger partial charge on any atom is -0.476 e. The highest BCUT2D eigenvalue weighted by Gasteiger charge is 2.28. The second kappa shape index (κ2) is 6.27. The van der Waals surface area contributed by atoms with E-state index >= 15 is 0 Å². The number of benzene rings is 2. The molecule has 0 saturated heterocycles. The minimum atomic E-state index is -1.32. The minimum absolute atomic E-state index is 0.0382. The molecule has 0 aliphatic carbocycles. The Morgan fingerprint density at radius 3 is 2.54 bits per heavy atom. The summed E-state index contributed by atoms with van der Waals surface area (Å²) >= 11 is 0. The van der Waals surface area contributed by atoms with E-state index in [1.165, 1.54) is 6.92 Å². The molecule has 5 N–H and O–H groups in total. The number of rotatable bonds is 4. The molecule has 0 spiro atoms. The Kier molecular flexibility index (Phi) is 3.89. The summed E-state index contributed by atoms with van der Waals surface area (Å²) in [5, 5.41) is 13.5. The number of H-pyrrole nitrogens is 1. The number of carboxylic acid groups (broad SMARTS) is 1. The molecule has 28 heavy (non-hydrogen) atoms. The summed E-state index contributed by atoms with van der Waals surface area (Å²) in [6.45, 7) is 1.36. The van der Waals surface area contributed by atoms with Gasteiger partial charge in [-0.15, -0.1) is 0 Å². The molecular formula is C20H16N4O4. The summed E-state index contributed by atoms with van der Waals surface area (Å²) in [4.78, 5) is 39.5. The number of hydrogen-bond donors (Lipinski definition) is 4. The van der Waals surface area contributed by atoms with E-state index in [9.17, 15) is 19.5 Å². The Balaban J connectivity index is 1.96. The molecule has 4 aromatic rings. The molecule has 2 aromatic heterocycles. The molecule has 0 saturated carbocycles. The molecule has 0 fully saturated rings. The molecule has 0 aliphatic heterocycles. The van der Waals surface area contributed by atoms with Crippen LogP contribution in [0.2, 0.25) is 0 Å². The lowest BCUT2D eigenvalue weighted by Gasteiger charge is -2.03. The topological polar surface area (TPSA) is 130 Å². The number of carbonyl (C=O) groups excluding carboxylic acids is 2. The molecule has 0 bridgehead atoms. The van der Waals surface area contributed by atoms with Gasteiger partial charge in [-0.05, 0) is 30.3 Å². The fourth-order valence-corrected chi connectivity index (χ4v) is 3.37. The van der Waals surface area contributed by atoms with Gasteiger partial charge in [-0.1, -0.05) is 18.2 Å². The number of anilines is 1. The third kappa shape index (κ3) is 2.67. The van der Waals surface area contributed by atoms with Crippen molar-refractivity contribution in [3.8, 4) is 0 Å². The molecule has 8 nitrogen and oxygen atoms in total. The molecule has 0 unspecified atom stereocenters. The van der Waals surface area contributed by atoms with E-state index in [-0.39, 0.29) is 22.9 Å². The van der Waals surface area contributed by atoms with Crippen LogP contribution in [-0.2, 0) is 4.79 Å². The summed E-state index contributed by atoms with van der Waals surface area (Å²) in [6, 6.07) is 13.7. The zero-order valence-corrected chi connectivity index (χ0v) is 14.8. The molecule has 0 aliphatic rings. The first-order valence-corrected chi connectivity index (χ1v) is 8.43. The van der Waals surface area contributed by atoms with Gasteiger partial charge in [0.2, 0.25) is 11.7 Å². The van der Waals surface area contributed by atoms with Crippen molar-refractivity contribution in [3.63, 3.8) is 0 Å². The zero-order valence-electron chi connectivity index (χ0n) is 14.8. The number of aromatic nitrogens is 2. The van der Waals surface area contributed by atoms with Gasteiger partial charge >= 0.3 is 5.97 Å². The second-order valence-electron chi connectivity index (χ2n) is 6.41. The lowest BCUT2D eigenvalue weighted by Crippen LogP contribution is -2.18. The van der Waals surface area contributed by atoms with Crippen LogP contribution < -0.4 is 11.2 Å². The van der Waals surface area contributed by atoms with Crippen molar-refractivity contribution >= 4 is 45.2 Å². The van der Waals surface area contributed by atoms with Crippen LogP contribution in [0.4, 0.5) is 5.69 Å². The van der Waals surface area contributed by atoms with E-state index in [2.05, 4.69) is 10.3 Å². The number of nitrogens with one attached hydrogen (secondary N) is 2. The van der Waals surface area contributed by atoms with Crippen molar-refractivity contribution in [2.24, 2.45) is 0 Å². The average molecular weight is 376 g/mol. The second-order valence-corrected chi connectivity index (χ2v) is 6.41. The number of nitrogens with two attached hydrogens (primary N) is 1. The van der Waals surface area contributed by atoms with Crippen LogP contribution in [0.15, 0.2) is 48.5 Å². The number of aromatic amines is 1. The van der Waals surface area contributed by atoms with E-state index in [0.29, 0.717) is 16.6 Å². The number of ketones is 1. The molecule has 0 radical (unpaired) electrons. The van der Waals surface area contributed by atoms with Crippen LogP contribution >= 0.6 is 0 Å². The van der Waals surface area contributed by atoms with Crippen molar-refractivity contribution < 1.29 is 19.5 Å². The molecule has 1 amide bonds. The lowest BCUT2D eigenvalue weighted by molar-refractivity contribution is -0.114. The fourth-order valence-electron chi connectivity index (χ4n) is 3.37. The third-order valence-corrected chi connectivity index (χ3v) is 4.53. The van der Waals surface area contributed by atoms with E-state index in [4.69, 9.17) is 5.84 Å². The highest BCUT2D eigenvalue weighted by atomic mass is 16.4. The van der Waals surface area contributed by atoms with Gasteiger partial charge < -0.3 is 21.2 Å². The first-order valence-electron chi connectivity index (χ1n) is 8.43. The summed E-state index contributed by atoms with van der Waals surface area (Å²) < 4.78 is 0.977. The number of carbonyl (C=O) groups is 3. The van der Waals surface area contributed by atoms with Gasteiger partial charge in [0.15, 0.2) is 5.69 Å². The number of nitrogens with zero attached hydrogens (tertiary/aromatic N) is 1. The molecular weight excluding hydrogens is 360 g/mol. The Labute approximate surface area is 158 Å². The summed E-state index contributed by atoms with van der Waals surface area (Å²) in [7, 11) is 0. The maximum atomic E-state index is 13.3. The van der Waals surface area contributed by atoms with Crippen LogP contribution in [-0.4, -0.2) is 32.4 Å². The zero-order chi connectivity index (χ0) is 20.0. The summed E-state index contributed by atoms with van der Waals surface area (Å²) in [5.41, 5.74) is 1.46. The predicted molar refractivity (Wildman–Crippen MR) is 105 cm³/mol. The largest absolute Gasteiger partial charge is 0.476 e. The van der Waals surface area contributed by atoms with Crippen molar-refractivity contribution in [1.29, 1.82) is 0 Å². The molecule has 8 heteroatoms. The van der Waals surface area contributed by atoms with Gasteiger partial charge in [-0.3, -0.25) is 14.3 Å². The molecule has 4 rings (SSSR count). The smallest absolute Gasteiger partial charge is 0.355 e. The number of para-hydroxylation sites is 1. The fraction of sp³-hybridized carbons (Fsp3) is 0.0500. The van der Waals surface area contributed by atoms with Crippen LogP contribution in [0, 0.1) is 0 Å². The van der Waals surface area contributed by atoms with Crippen LogP contribution in [0.3, 0.4) is 0 Å². The van der Waals surface area contributed by atoms with E-state index in [1.54, 1.807) is 24.3 Å². The number of hydrogen-bond acceptors (Lipinski definition) is 4. The first-order chi connectivity index (χ1) is 13.4. The summed E-state index contributed by atoms with van der Waals surface area (Å²) in [5.74, 6) is 3.87. The SMILES string of the molecule is CC(=O)Nc1ccc2c(c1)c(C(=O)c1cc3ccccc3[nH]1)c(C(=O)O)n2N. The Morgan fingerprint density at radius 1 is 1.11 bits per heavy atom. The van der Waals surface area contributed by atoms with Crippen LogP contribution in [0.1, 0.15) is 33.5 Å². The van der Waals surface area contributed by atoms with Gasteiger partial charge in [0.1, 0.15) is 0 Å². The average Bonchev–Trinajstić information content (AvgIpc) is 3.19. The number of aromatic carboxylic acids is 1. The number of fused-ring (bicyclic) bond motifs is 2. The molecule has 2 aromatic carbocycles.